The minimum Gasteiger partial charge on any atom is -0.491 e. The predicted octanol–water partition coefficient (Wildman–Crippen LogP) is 17.7. The zero-order valence-corrected chi connectivity index (χ0v) is 81.5. The van der Waals surface area contributed by atoms with Crippen LogP contribution in [-0.2, 0) is 97.3 Å². The molecule has 4 aliphatic rings. The van der Waals surface area contributed by atoms with Crippen molar-refractivity contribution in [1.82, 2.24) is 0 Å². The molecule has 9 aromatic rings. The lowest BCUT2D eigenvalue weighted by atomic mass is 9.96. The monoisotopic (exact) mass is 1870 g/mol. The third-order valence-corrected chi connectivity index (χ3v) is 19.6. The number of aliphatic hydroxyl groups excluding tert-OH is 3. The highest BCUT2D eigenvalue weighted by molar-refractivity contribution is 6.40. The fourth-order valence-corrected chi connectivity index (χ4v) is 12.9. The second-order valence-corrected chi connectivity index (χ2v) is 30.9. The number of nitrogens with two attached hydrogens (primary N) is 2. The molecule has 4 saturated heterocycles. The molecule has 6 atom stereocenters. The van der Waals surface area contributed by atoms with E-state index in [4.69, 9.17) is 109 Å². The molecule has 9 aromatic carbocycles. The van der Waals surface area contributed by atoms with Crippen molar-refractivity contribution >= 4 is 63.5 Å². The van der Waals surface area contributed by atoms with E-state index < -0.39 is 18.2 Å². The van der Waals surface area contributed by atoms with Crippen LogP contribution in [0.2, 0.25) is 5.02 Å². The molecule has 4 aliphatic heterocycles. The standard InChI is InChI=1S/C52H64N2O9.C19H20O4.C11H18N2.C7H5ClO3.5C2H6O.CH2Cl2.CH4O/c1-5-37-27-38(6-2)52(36(3)51(37)53-57-4)54(25-23-43(55)30-60-47-19-11-7-15-39(47)28-41-17-9-13-21-49(41)62-34-45-32-58-45)26-24-44(56)31-61-48-20-12-8-16-40(48)29-42-18-10-14-22-50(42)63-35-46-33-59-46;1-3-7-18(22-12-16-10-20-16)14(5-1)9-15-6-2-4-8-19(15)23-13-17-11-21-17;1-4-8-6-9(5-2)11(13)7(3)10(8)12;8-6-3-1-2-5(4-6)7(9)11-10;5*1-3-2;2-1-3;1-2/h7-22,27,43-46,53,55-56H,5-6,23-26,28-35H2,1-4H3;1-8,16-17H,9-13H2;6H,4-5,12-13H2,1-3H3;1-4,10H;5*1-2H3;1H2;2H,1H3. The number of hydrogen-bond donors (Lipinski definition) is 7. The van der Waals surface area contributed by atoms with E-state index in [1.165, 1.54) is 34.4 Å². The summed E-state index contributed by atoms with van der Waals surface area (Å²) in [5.74, 6) is 4.16. The van der Waals surface area contributed by atoms with Gasteiger partial charge in [-0.2, -0.15) is 5.26 Å². The van der Waals surface area contributed by atoms with Gasteiger partial charge in [0.05, 0.1) is 62.3 Å². The molecule has 0 amide bonds. The van der Waals surface area contributed by atoms with Crippen molar-refractivity contribution in [3.63, 3.8) is 0 Å². The number of carbonyl (C=O) groups excluding carboxylic acids is 1. The Morgan fingerprint density at radius 1 is 0.423 bits per heavy atom. The first-order valence-electron chi connectivity index (χ1n) is 43.2. The maximum absolute atomic E-state index is 11.5. The molecule has 0 radical (unpaired) electrons. The van der Waals surface area contributed by atoms with Gasteiger partial charge in [-0.05, 0) is 174 Å². The number of ether oxygens (including phenoxy) is 15. The molecule has 0 spiro atoms. The summed E-state index contributed by atoms with van der Waals surface area (Å²) < 4.78 is 79.0. The minimum absolute atomic E-state index is 0.133. The Kier molecular flexibility index (Phi) is 60.8. The molecule has 0 aliphatic carbocycles. The Labute approximate surface area is 786 Å². The molecule has 4 heterocycles. The van der Waals surface area contributed by atoms with Gasteiger partial charge in [-0.15, -0.1) is 23.2 Å². The number of halogens is 3. The van der Waals surface area contributed by atoms with Gasteiger partial charge in [-0.25, -0.2) is 4.79 Å². The number of hydrogen-bond acceptors (Lipinski definition) is 26. The normalized spacial score (nSPS) is 14.4. The summed E-state index contributed by atoms with van der Waals surface area (Å²) in [7, 11) is 18.9. The van der Waals surface area contributed by atoms with Gasteiger partial charge in [0.25, 0.3) is 0 Å². The second-order valence-electron chi connectivity index (χ2n) is 29.7. The summed E-state index contributed by atoms with van der Waals surface area (Å²) in [6, 6.07) is 58.8. The Morgan fingerprint density at radius 2 is 0.700 bits per heavy atom. The van der Waals surface area contributed by atoms with E-state index >= 15 is 0 Å². The first kappa shape index (κ1) is 115. The summed E-state index contributed by atoms with van der Waals surface area (Å²) in [6.45, 7) is 19.4. The van der Waals surface area contributed by atoms with Crippen LogP contribution >= 0.6 is 34.8 Å². The van der Waals surface area contributed by atoms with Crippen LogP contribution in [0.4, 0.5) is 22.7 Å². The van der Waals surface area contributed by atoms with Gasteiger partial charge in [-0.1, -0.05) is 167 Å². The van der Waals surface area contributed by atoms with Crippen LogP contribution in [0, 0.1) is 13.8 Å². The van der Waals surface area contributed by atoms with Crippen molar-refractivity contribution < 1.29 is 106 Å². The van der Waals surface area contributed by atoms with Crippen molar-refractivity contribution in [3.8, 4) is 34.5 Å². The largest absolute Gasteiger partial charge is 0.491 e. The van der Waals surface area contributed by atoms with Gasteiger partial charge >= 0.3 is 5.97 Å². The molecule has 0 saturated carbocycles. The number of rotatable bonds is 38. The van der Waals surface area contributed by atoms with Crippen molar-refractivity contribution in [3.05, 3.63) is 259 Å². The number of aliphatic hydroxyl groups is 3. The van der Waals surface area contributed by atoms with Crippen molar-refractivity contribution in [1.29, 1.82) is 0 Å². The van der Waals surface area contributed by atoms with Crippen LogP contribution in [0.15, 0.2) is 182 Å². The van der Waals surface area contributed by atoms with Gasteiger partial charge in [0.2, 0.25) is 0 Å². The van der Waals surface area contributed by atoms with Crippen molar-refractivity contribution in [2.75, 3.05) is 192 Å². The molecule has 26 nitrogen and oxygen atoms in total. The van der Waals surface area contributed by atoms with Crippen molar-refractivity contribution in [2.45, 2.75) is 136 Å². The highest BCUT2D eigenvalue weighted by atomic mass is 35.5. The molecule has 0 bridgehead atoms. The van der Waals surface area contributed by atoms with E-state index in [1.807, 2.05) is 116 Å². The number of anilines is 4. The van der Waals surface area contributed by atoms with Gasteiger partial charge in [-0.3, -0.25) is 15.2 Å². The van der Waals surface area contributed by atoms with Crippen molar-refractivity contribution in [2.24, 2.45) is 0 Å². The number of alkyl halides is 2. The maximum Gasteiger partial charge on any atom is 0.372 e. The number of carbonyl (C=O) groups is 1. The fourth-order valence-electron chi connectivity index (χ4n) is 12.7. The van der Waals surface area contributed by atoms with Crippen LogP contribution in [0.25, 0.3) is 0 Å². The number of para-hydroxylation sites is 6. The number of nitrogen functional groups attached to an aromatic ring is 2. The van der Waals surface area contributed by atoms with Gasteiger partial charge in [0.1, 0.15) is 98.6 Å². The first-order valence-corrected chi connectivity index (χ1v) is 44.6. The van der Waals surface area contributed by atoms with Crippen LogP contribution in [0.5, 0.6) is 34.5 Å². The molecule has 130 heavy (non-hydrogen) atoms. The number of nitrogens with one attached hydrogen (secondary N) is 1. The molecule has 4 fully saturated rings. The summed E-state index contributed by atoms with van der Waals surface area (Å²) in [6.07, 6.45) is 5.93. The molecule has 29 heteroatoms. The Balaban J connectivity index is 0.000000521. The molecule has 720 valence electrons. The molecule has 6 unspecified atom stereocenters. The van der Waals surface area contributed by atoms with E-state index in [9.17, 15) is 15.0 Å². The number of nitrogens with zero attached hydrogens (tertiary/aromatic N) is 1. The lowest BCUT2D eigenvalue weighted by Crippen LogP contribution is -2.34. The quantitative estimate of drug-likeness (QED) is 0.00621. The average molecular weight is 1870 g/mol. The van der Waals surface area contributed by atoms with Crippen LogP contribution in [0.1, 0.15) is 118 Å². The fraction of sp³-hybridized carbons (Fsp3) is 0.455. The summed E-state index contributed by atoms with van der Waals surface area (Å²) in [5.41, 5.74) is 32.3. The van der Waals surface area contributed by atoms with Crippen LogP contribution < -0.4 is 50.3 Å². The molecule has 13 rings (SSSR count). The lowest BCUT2D eigenvalue weighted by Gasteiger charge is -2.32. The predicted molar refractivity (Wildman–Crippen MR) is 521 cm³/mol. The Bertz CT molecular complexity index is 4300. The van der Waals surface area contributed by atoms with E-state index in [0.29, 0.717) is 70.2 Å². The van der Waals surface area contributed by atoms with Gasteiger partial charge < -0.3 is 103 Å². The van der Waals surface area contributed by atoms with E-state index in [0.717, 1.165) is 167 Å². The van der Waals surface area contributed by atoms with Crippen LogP contribution in [0.3, 0.4) is 0 Å². The molecular weight excluding hydrogens is 1730 g/mol. The molecule has 0 aromatic heterocycles. The highest BCUT2D eigenvalue weighted by Gasteiger charge is 2.28. The summed E-state index contributed by atoms with van der Waals surface area (Å²) in [4.78, 5) is 21.9. The average Bonchev–Trinajstić information content (AvgIpc) is 1.65. The van der Waals surface area contributed by atoms with E-state index in [-0.39, 0.29) is 48.5 Å². The number of methoxy groups -OCH3 is 5. The van der Waals surface area contributed by atoms with Crippen LogP contribution in [-0.4, -0.2) is 233 Å². The third kappa shape index (κ3) is 44.8. The molecular formula is C101H143Cl3N4O22. The smallest absolute Gasteiger partial charge is 0.372 e. The first-order chi connectivity index (χ1) is 63.0. The minimum atomic E-state index is -0.813. The topological polar surface area (TPSA) is 335 Å². The number of aryl methyl sites for hydroxylation is 4. The van der Waals surface area contributed by atoms with E-state index in [2.05, 4.69) is 122 Å². The SMILES string of the molecule is CCc1cc(CC)c(N(CCC(O)COc2ccccc2Cc2ccccc2OCC2CO2)CCC(O)COc2ccccc2Cc2ccccc2OCC2CO2)c(C)c1NOC.CCc1cc(CC)c(N)c(C)c1N.CO.COC.COC.COC.COC.COC.ClCCl.O=C(OO)c1cccc(Cl)c1.c1ccc(OCC2CO2)c(Cc2ccccc2OCC2CO2)c1. The Hall–Kier alpha value is -9.24. The lowest BCUT2D eigenvalue weighted by molar-refractivity contribution is -0.182. The maximum atomic E-state index is 11.5. The third-order valence-electron chi connectivity index (χ3n) is 19.4. The Morgan fingerprint density at radius 3 is 0.962 bits per heavy atom. The zero-order valence-electron chi connectivity index (χ0n) is 79.2. The number of epoxide rings is 4. The summed E-state index contributed by atoms with van der Waals surface area (Å²) in [5, 5.41) is 38.5. The van der Waals surface area contributed by atoms with Gasteiger partial charge in [0.15, 0.2) is 0 Å². The second kappa shape index (κ2) is 68.7. The van der Waals surface area contributed by atoms with Gasteiger partial charge in [0, 0.05) is 133 Å². The summed E-state index contributed by atoms with van der Waals surface area (Å²) >= 11 is 15.1. The molecule has 9 N–H and O–H groups in total. The zero-order chi connectivity index (χ0) is 96.0. The highest BCUT2D eigenvalue weighted by Crippen LogP contribution is 2.38. The van der Waals surface area contributed by atoms with E-state index in [1.54, 1.807) is 90.3 Å². The number of benzene rings is 9.